The van der Waals surface area contributed by atoms with E-state index in [9.17, 15) is 4.79 Å². The normalized spacial score (nSPS) is 16.2. The Kier molecular flexibility index (Phi) is 3.64. The second-order valence-electron chi connectivity index (χ2n) is 5.27. The van der Waals surface area contributed by atoms with Crippen molar-refractivity contribution in [3.05, 3.63) is 34.9 Å². The Morgan fingerprint density at radius 1 is 1.39 bits per heavy atom. The second-order valence-corrected chi connectivity index (χ2v) is 5.92. The summed E-state index contributed by atoms with van der Waals surface area (Å²) in [6, 6.07) is 5.68. The van der Waals surface area contributed by atoms with Crippen LogP contribution in [0.15, 0.2) is 18.2 Å². The Balaban J connectivity index is 2.15. The van der Waals surface area contributed by atoms with Crippen molar-refractivity contribution in [2.45, 2.75) is 44.9 Å². The van der Waals surface area contributed by atoms with E-state index in [1.165, 1.54) is 0 Å². The molecular formula is C14H18ClNO2. The van der Waals surface area contributed by atoms with E-state index in [1.54, 1.807) is 0 Å². The van der Waals surface area contributed by atoms with Crippen LogP contribution in [0.4, 0.5) is 0 Å². The van der Waals surface area contributed by atoms with E-state index in [1.807, 2.05) is 39.0 Å². The van der Waals surface area contributed by atoms with Crippen LogP contribution in [0, 0.1) is 0 Å². The predicted octanol–water partition coefficient (Wildman–Crippen LogP) is 2.85. The Hall–Kier alpha value is -1.06. The fourth-order valence-electron chi connectivity index (χ4n) is 1.78. The van der Waals surface area contributed by atoms with Crippen molar-refractivity contribution in [3.8, 4) is 0 Å². The predicted molar refractivity (Wildman–Crippen MR) is 71.8 cm³/mol. The van der Waals surface area contributed by atoms with Gasteiger partial charge in [-0.3, -0.25) is 4.79 Å². The summed E-state index contributed by atoms with van der Waals surface area (Å²) in [7, 11) is 0. The average Bonchev–Trinajstić information content (AvgIpc) is 2.74. The summed E-state index contributed by atoms with van der Waals surface area (Å²) in [6.07, 6.45) is 0. The first-order valence-corrected chi connectivity index (χ1v) is 6.50. The van der Waals surface area contributed by atoms with E-state index in [2.05, 4.69) is 5.32 Å². The standard InChI is InChI=1S/C14H18ClNO2/c1-9(15)14(2,3)16-13(17)10-4-5-11-7-18-8-12(11)6-10/h4-6,9H,7-8H2,1-3H3,(H,16,17). The van der Waals surface area contributed by atoms with Gasteiger partial charge in [-0.15, -0.1) is 11.6 Å². The molecule has 0 radical (unpaired) electrons. The number of ether oxygens (including phenoxy) is 1. The number of benzene rings is 1. The third-order valence-corrected chi connectivity index (χ3v) is 3.96. The van der Waals surface area contributed by atoms with Gasteiger partial charge in [0.15, 0.2) is 0 Å². The molecule has 18 heavy (non-hydrogen) atoms. The fourth-order valence-corrected chi connectivity index (χ4v) is 1.83. The number of hydrogen-bond donors (Lipinski definition) is 1. The van der Waals surface area contributed by atoms with Crippen molar-refractivity contribution in [1.29, 1.82) is 0 Å². The van der Waals surface area contributed by atoms with E-state index in [-0.39, 0.29) is 11.3 Å². The van der Waals surface area contributed by atoms with Gasteiger partial charge in [-0.2, -0.15) is 0 Å². The van der Waals surface area contributed by atoms with Crippen molar-refractivity contribution in [3.63, 3.8) is 0 Å². The van der Waals surface area contributed by atoms with Gasteiger partial charge in [0.25, 0.3) is 5.91 Å². The van der Waals surface area contributed by atoms with Crippen molar-refractivity contribution in [1.82, 2.24) is 5.32 Å². The van der Waals surface area contributed by atoms with Gasteiger partial charge in [0.05, 0.1) is 24.1 Å². The molecule has 0 aromatic heterocycles. The van der Waals surface area contributed by atoms with Crippen molar-refractivity contribution < 1.29 is 9.53 Å². The molecule has 0 saturated carbocycles. The Morgan fingerprint density at radius 3 is 2.72 bits per heavy atom. The number of nitrogens with one attached hydrogen (secondary N) is 1. The van der Waals surface area contributed by atoms with Gasteiger partial charge in [-0.1, -0.05) is 6.07 Å². The SMILES string of the molecule is CC(Cl)C(C)(C)NC(=O)c1ccc2c(c1)COC2. The van der Waals surface area contributed by atoms with Crippen LogP contribution in [0.25, 0.3) is 0 Å². The Labute approximate surface area is 112 Å². The number of rotatable bonds is 3. The van der Waals surface area contributed by atoms with Crippen molar-refractivity contribution in [2.75, 3.05) is 0 Å². The summed E-state index contributed by atoms with van der Waals surface area (Å²) in [6.45, 7) is 6.93. The zero-order valence-corrected chi connectivity index (χ0v) is 11.7. The van der Waals surface area contributed by atoms with Gasteiger partial charge in [0.2, 0.25) is 0 Å². The summed E-state index contributed by atoms with van der Waals surface area (Å²) in [5.41, 5.74) is 2.48. The van der Waals surface area contributed by atoms with Crippen LogP contribution < -0.4 is 5.32 Å². The molecule has 0 bridgehead atoms. The number of fused-ring (bicyclic) bond motifs is 1. The molecule has 2 rings (SSSR count). The molecule has 1 aromatic carbocycles. The summed E-state index contributed by atoms with van der Waals surface area (Å²) < 4.78 is 5.34. The second kappa shape index (κ2) is 4.90. The molecule has 0 saturated heterocycles. The molecule has 4 heteroatoms. The van der Waals surface area contributed by atoms with Gasteiger partial charge in [-0.05, 0) is 44.0 Å². The van der Waals surface area contributed by atoms with E-state index >= 15 is 0 Å². The lowest BCUT2D eigenvalue weighted by molar-refractivity contribution is 0.0912. The topological polar surface area (TPSA) is 38.3 Å². The van der Waals surface area contributed by atoms with Gasteiger partial charge in [-0.25, -0.2) is 0 Å². The Morgan fingerprint density at radius 2 is 2.06 bits per heavy atom. The quantitative estimate of drug-likeness (QED) is 0.856. The molecule has 1 aliphatic rings. The minimum Gasteiger partial charge on any atom is -0.372 e. The number of amides is 1. The van der Waals surface area contributed by atoms with Crippen molar-refractivity contribution in [2.24, 2.45) is 0 Å². The molecule has 1 amide bonds. The molecule has 0 fully saturated rings. The fraction of sp³-hybridized carbons (Fsp3) is 0.500. The molecule has 1 heterocycles. The summed E-state index contributed by atoms with van der Waals surface area (Å²) in [5, 5.41) is 2.81. The number of alkyl halides is 1. The van der Waals surface area contributed by atoms with Gasteiger partial charge < -0.3 is 10.1 Å². The zero-order valence-electron chi connectivity index (χ0n) is 10.9. The highest BCUT2D eigenvalue weighted by Crippen LogP contribution is 2.22. The number of carbonyl (C=O) groups is 1. The molecule has 1 aliphatic heterocycles. The molecule has 3 nitrogen and oxygen atoms in total. The van der Waals surface area contributed by atoms with Gasteiger partial charge in [0, 0.05) is 5.56 Å². The van der Waals surface area contributed by atoms with Crippen LogP contribution in [-0.4, -0.2) is 16.8 Å². The smallest absolute Gasteiger partial charge is 0.251 e. The average molecular weight is 268 g/mol. The van der Waals surface area contributed by atoms with Crippen LogP contribution in [0.1, 0.15) is 42.3 Å². The molecular weight excluding hydrogens is 250 g/mol. The number of halogens is 1. The number of carbonyl (C=O) groups excluding carboxylic acids is 1. The lowest BCUT2D eigenvalue weighted by Crippen LogP contribution is -2.49. The monoisotopic (exact) mass is 267 g/mol. The highest BCUT2D eigenvalue weighted by Gasteiger charge is 2.26. The van der Waals surface area contributed by atoms with Crippen molar-refractivity contribution >= 4 is 17.5 Å². The summed E-state index contributed by atoms with van der Waals surface area (Å²) in [5.74, 6) is -0.0952. The minimum absolute atomic E-state index is 0.0952. The molecule has 1 atom stereocenters. The van der Waals surface area contributed by atoms with E-state index < -0.39 is 5.54 Å². The van der Waals surface area contributed by atoms with Crippen LogP contribution >= 0.6 is 11.6 Å². The molecule has 0 spiro atoms. The lowest BCUT2D eigenvalue weighted by Gasteiger charge is -2.29. The zero-order chi connectivity index (χ0) is 13.3. The van der Waals surface area contributed by atoms with E-state index in [4.69, 9.17) is 16.3 Å². The number of hydrogen-bond acceptors (Lipinski definition) is 2. The highest BCUT2D eigenvalue weighted by molar-refractivity contribution is 6.21. The van der Waals surface area contributed by atoms with Crippen LogP contribution in [0.2, 0.25) is 0 Å². The first-order valence-electron chi connectivity index (χ1n) is 6.06. The lowest BCUT2D eigenvalue weighted by atomic mass is 10.00. The van der Waals surface area contributed by atoms with Crippen LogP contribution in [0.5, 0.6) is 0 Å². The summed E-state index contributed by atoms with van der Waals surface area (Å²) >= 11 is 6.06. The molecule has 0 aliphatic carbocycles. The maximum atomic E-state index is 12.2. The third-order valence-electron chi connectivity index (χ3n) is 3.41. The van der Waals surface area contributed by atoms with Crippen LogP contribution in [0.3, 0.4) is 0 Å². The minimum atomic E-state index is -0.436. The van der Waals surface area contributed by atoms with Gasteiger partial charge >= 0.3 is 0 Å². The summed E-state index contributed by atoms with van der Waals surface area (Å²) in [4.78, 5) is 12.2. The highest BCUT2D eigenvalue weighted by atomic mass is 35.5. The van der Waals surface area contributed by atoms with E-state index in [0.717, 1.165) is 11.1 Å². The third kappa shape index (κ3) is 2.68. The van der Waals surface area contributed by atoms with E-state index in [0.29, 0.717) is 18.8 Å². The maximum absolute atomic E-state index is 12.2. The molecule has 1 unspecified atom stereocenters. The first-order chi connectivity index (χ1) is 8.40. The molecule has 1 aromatic rings. The largest absolute Gasteiger partial charge is 0.372 e. The first kappa shape index (κ1) is 13.4. The molecule has 98 valence electrons. The van der Waals surface area contributed by atoms with Crippen LogP contribution in [-0.2, 0) is 18.0 Å². The Bertz CT molecular complexity index is 469. The maximum Gasteiger partial charge on any atom is 0.251 e. The van der Waals surface area contributed by atoms with Gasteiger partial charge in [0.1, 0.15) is 0 Å². The molecule has 1 N–H and O–H groups in total.